The van der Waals surface area contributed by atoms with Gasteiger partial charge in [0.15, 0.2) is 11.6 Å². The summed E-state index contributed by atoms with van der Waals surface area (Å²) in [4.78, 5) is 15.4. The average molecular weight is 245 g/mol. The maximum Gasteiger partial charge on any atom is 0.179 e. The van der Waals surface area contributed by atoms with Gasteiger partial charge in [-0.05, 0) is 17.7 Å². The third kappa shape index (κ3) is 2.34. The highest BCUT2D eigenvalue weighted by Crippen LogP contribution is 2.15. The standard InChI is InChI=1S/C13H15N3O2/c1-9(17)12-13(14)15-8-16(12)7-10-3-5-11(18-2)6-4-10/h3-6,8H,7,14H2,1-2H3. The van der Waals surface area contributed by atoms with Crippen LogP contribution in [-0.2, 0) is 6.54 Å². The summed E-state index contributed by atoms with van der Waals surface area (Å²) in [6.07, 6.45) is 1.58. The monoisotopic (exact) mass is 245 g/mol. The predicted molar refractivity (Wildman–Crippen MR) is 68.7 cm³/mol. The largest absolute Gasteiger partial charge is 0.497 e. The first kappa shape index (κ1) is 12.2. The summed E-state index contributed by atoms with van der Waals surface area (Å²) in [6, 6.07) is 7.64. The van der Waals surface area contributed by atoms with Crippen LogP contribution in [-0.4, -0.2) is 22.4 Å². The van der Waals surface area contributed by atoms with Crippen LogP contribution in [0.15, 0.2) is 30.6 Å². The van der Waals surface area contributed by atoms with Crippen molar-refractivity contribution in [3.8, 4) is 5.75 Å². The number of hydrogen-bond donors (Lipinski definition) is 1. The Morgan fingerprint density at radius 3 is 2.61 bits per heavy atom. The van der Waals surface area contributed by atoms with Crippen LogP contribution in [0.5, 0.6) is 5.75 Å². The van der Waals surface area contributed by atoms with Crippen molar-refractivity contribution >= 4 is 11.6 Å². The molecule has 2 rings (SSSR count). The van der Waals surface area contributed by atoms with Gasteiger partial charge in [-0.2, -0.15) is 0 Å². The number of carbonyl (C=O) groups excluding carboxylic acids is 1. The molecule has 0 bridgehead atoms. The highest BCUT2D eigenvalue weighted by atomic mass is 16.5. The van der Waals surface area contributed by atoms with Gasteiger partial charge in [0.25, 0.3) is 0 Å². The number of imidazole rings is 1. The molecule has 0 atom stereocenters. The van der Waals surface area contributed by atoms with E-state index < -0.39 is 0 Å². The van der Waals surface area contributed by atoms with Crippen LogP contribution in [0.1, 0.15) is 23.0 Å². The maximum absolute atomic E-state index is 11.5. The first-order chi connectivity index (χ1) is 8.61. The van der Waals surface area contributed by atoms with Gasteiger partial charge in [0.2, 0.25) is 0 Å². The molecule has 0 aliphatic carbocycles. The number of rotatable bonds is 4. The molecule has 5 nitrogen and oxygen atoms in total. The van der Waals surface area contributed by atoms with Crippen molar-refractivity contribution < 1.29 is 9.53 Å². The minimum absolute atomic E-state index is 0.0847. The zero-order valence-electron chi connectivity index (χ0n) is 10.4. The second kappa shape index (κ2) is 4.91. The van der Waals surface area contributed by atoms with Gasteiger partial charge in [0.05, 0.1) is 13.4 Å². The SMILES string of the molecule is COc1ccc(Cn2cnc(N)c2C(C)=O)cc1. The summed E-state index contributed by atoms with van der Waals surface area (Å²) >= 11 is 0. The molecule has 0 saturated heterocycles. The van der Waals surface area contributed by atoms with Crippen molar-refractivity contribution in [2.24, 2.45) is 0 Å². The van der Waals surface area contributed by atoms with Crippen LogP contribution >= 0.6 is 0 Å². The molecule has 0 saturated carbocycles. The van der Waals surface area contributed by atoms with E-state index in [1.54, 1.807) is 18.0 Å². The quantitative estimate of drug-likeness (QED) is 0.833. The van der Waals surface area contributed by atoms with Crippen molar-refractivity contribution in [2.45, 2.75) is 13.5 Å². The Hall–Kier alpha value is -2.30. The van der Waals surface area contributed by atoms with E-state index in [1.807, 2.05) is 24.3 Å². The number of ketones is 1. The number of methoxy groups -OCH3 is 1. The number of nitrogen functional groups attached to an aromatic ring is 1. The molecule has 0 spiro atoms. The van der Waals surface area contributed by atoms with Gasteiger partial charge in [0, 0.05) is 13.5 Å². The van der Waals surface area contributed by atoms with Crippen molar-refractivity contribution in [1.29, 1.82) is 0 Å². The van der Waals surface area contributed by atoms with Gasteiger partial charge in [-0.3, -0.25) is 4.79 Å². The lowest BCUT2D eigenvalue weighted by Crippen LogP contribution is -2.08. The Morgan fingerprint density at radius 1 is 1.39 bits per heavy atom. The van der Waals surface area contributed by atoms with Crippen LogP contribution in [0.3, 0.4) is 0 Å². The zero-order chi connectivity index (χ0) is 13.1. The minimum atomic E-state index is -0.0847. The lowest BCUT2D eigenvalue weighted by Gasteiger charge is -2.07. The zero-order valence-corrected chi connectivity index (χ0v) is 10.4. The van der Waals surface area contributed by atoms with E-state index in [0.29, 0.717) is 12.2 Å². The Bertz CT molecular complexity index is 558. The molecular weight excluding hydrogens is 230 g/mol. The van der Waals surface area contributed by atoms with Gasteiger partial charge in [-0.15, -0.1) is 0 Å². The molecule has 0 amide bonds. The van der Waals surface area contributed by atoms with Crippen LogP contribution < -0.4 is 10.5 Å². The van der Waals surface area contributed by atoms with Gasteiger partial charge >= 0.3 is 0 Å². The molecule has 0 radical (unpaired) electrons. The fraction of sp³-hybridized carbons (Fsp3) is 0.231. The summed E-state index contributed by atoms with van der Waals surface area (Å²) in [6.45, 7) is 2.04. The highest BCUT2D eigenvalue weighted by Gasteiger charge is 2.12. The summed E-state index contributed by atoms with van der Waals surface area (Å²) in [7, 11) is 1.62. The molecule has 0 unspecified atom stereocenters. The van der Waals surface area contributed by atoms with E-state index in [-0.39, 0.29) is 11.6 Å². The second-order valence-electron chi connectivity index (χ2n) is 4.01. The molecule has 1 aromatic heterocycles. The van der Waals surface area contributed by atoms with Crippen molar-refractivity contribution in [2.75, 3.05) is 12.8 Å². The lowest BCUT2D eigenvalue weighted by molar-refractivity contribution is 0.101. The molecule has 5 heteroatoms. The van der Waals surface area contributed by atoms with E-state index >= 15 is 0 Å². The number of aromatic nitrogens is 2. The minimum Gasteiger partial charge on any atom is -0.497 e. The molecule has 1 aromatic carbocycles. The number of carbonyl (C=O) groups is 1. The number of Topliss-reactive ketones (excluding diaryl/α,β-unsaturated/α-hetero) is 1. The van der Waals surface area contributed by atoms with Gasteiger partial charge < -0.3 is 15.0 Å². The summed E-state index contributed by atoms with van der Waals surface area (Å²) in [5.74, 6) is 0.991. The number of anilines is 1. The van der Waals surface area contributed by atoms with Crippen molar-refractivity contribution in [3.05, 3.63) is 41.9 Å². The molecular formula is C13H15N3O2. The molecule has 94 valence electrons. The van der Waals surface area contributed by atoms with E-state index in [2.05, 4.69) is 4.98 Å². The summed E-state index contributed by atoms with van der Waals surface area (Å²) in [5, 5.41) is 0. The van der Waals surface area contributed by atoms with Gasteiger partial charge in [0.1, 0.15) is 11.4 Å². The van der Waals surface area contributed by atoms with Crippen LogP contribution in [0.25, 0.3) is 0 Å². The predicted octanol–water partition coefficient (Wildman–Crippen LogP) is 1.72. The fourth-order valence-electron chi connectivity index (χ4n) is 1.83. The maximum atomic E-state index is 11.5. The number of nitrogens with zero attached hydrogens (tertiary/aromatic N) is 2. The molecule has 0 aliphatic heterocycles. The smallest absolute Gasteiger partial charge is 0.179 e. The highest BCUT2D eigenvalue weighted by molar-refractivity contribution is 5.96. The number of nitrogens with two attached hydrogens (primary N) is 1. The van der Waals surface area contributed by atoms with Crippen molar-refractivity contribution in [1.82, 2.24) is 9.55 Å². The normalized spacial score (nSPS) is 10.3. The molecule has 2 aromatic rings. The lowest BCUT2D eigenvalue weighted by atomic mass is 10.2. The summed E-state index contributed by atoms with van der Waals surface area (Å²) in [5.41, 5.74) is 7.17. The van der Waals surface area contributed by atoms with Crippen LogP contribution in [0, 0.1) is 0 Å². The summed E-state index contributed by atoms with van der Waals surface area (Å²) < 4.78 is 6.84. The number of benzene rings is 1. The van der Waals surface area contributed by atoms with Crippen LogP contribution in [0.2, 0.25) is 0 Å². The molecule has 1 heterocycles. The first-order valence-corrected chi connectivity index (χ1v) is 5.56. The Kier molecular flexibility index (Phi) is 3.32. The van der Waals surface area contributed by atoms with Gasteiger partial charge in [-0.25, -0.2) is 4.98 Å². The number of ether oxygens (including phenoxy) is 1. The molecule has 18 heavy (non-hydrogen) atoms. The van der Waals surface area contributed by atoms with Crippen LogP contribution in [0.4, 0.5) is 5.82 Å². The third-order valence-electron chi connectivity index (χ3n) is 2.71. The van der Waals surface area contributed by atoms with E-state index in [9.17, 15) is 4.79 Å². The van der Waals surface area contributed by atoms with Crippen molar-refractivity contribution in [3.63, 3.8) is 0 Å². The Balaban J connectivity index is 2.25. The molecule has 0 aliphatic rings. The molecule has 2 N–H and O–H groups in total. The fourth-order valence-corrected chi connectivity index (χ4v) is 1.83. The van der Waals surface area contributed by atoms with Gasteiger partial charge in [-0.1, -0.05) is 12.1 Å². The molecule has 0 fully saturated rings. The average Bonchev–Trinajstić information content (AvgIpc) is 2.71. The Morgan fingerprint density at radius 2 is 2.06 bits per heavy atom. The van der Waals surface area contributed by atoms with E-state index in [0.717, 1.165) is 11.3 Å². The second-order valence-corrected chi connectivity index (χ2v) is 4.01. The first-order valence-electron chi connectivity index (χ1n) is 5.56. The number of hydrogen-bond acceptors (Lipinski definition) is 4. The topological polar surface area (TPSA) is 70.1 Å². The van der Waals surface area contributed by atoms with E-state index in [1.165, 1.54) is 6.92 Å². The Labute approximate surface area is 105 Å². The third-order valence-corrected chi connectivity index (χ3v) is 2.71. The van der Waals surface area contributed by atoms with E-state index in [4.69, 9.17) is 10.5 Å².